The summed E-state index contributed by atoms with van der Waals surface area (Å²) in [7, 11) is -2.06. The first-order chi connectivity index (χ1) is 12.9. The van der Waals surface area contributed by atoms with Crippen LogP contribution in [0.15, 0.2) is 24.3 Å². The molecule has 2 rings (SSSR count). The van der Waals surface area contributed by atoms with Crippen molar-refractivity contribution >= 4 is 26.1 Å². The minimum Gasteiger partial charge on any atom is -0.466 e. The molecule has 0 spiro atoms. The van der Waals surface area contributed by atoms with E-state index >= 15 is 0 Å². The second-order valence-electron chi connectivity index (χ2n) is 8.38. The molecule has 1 aromatic carbocycles. The molecule has 1 aliphatic heterocycles. The van der Waals surface area contributed by atoms with E-state index in [0.717, 1.165) is 5.06 Å². The van der Waals surface area contributed by atoms with Gasteiger partial charge >= 0.3 is 5.97 Å². The lowest BCUT2D eigenvalue weighted by Gasteiger charge is -2.37. The van der Waals surface area contributed by atoms with Gasteiger partial charge in [-0.15, -0.1) is 5.06 Å². The molecule has 0 aliphatic carbocycles. The van der Waals surface area contributed by atoms with E-state index in [2.05, 4.69) is 33.9 Å². The Morgan fingerprint density at radius 2 is 1.64 bits per heavy atom. The molecule has 8 heteroatoms. The summed E-state index contributed by atoms with van der Waals surface area (Å²) in [5.41, 5.74) is 0.633. The van der Waals surface area contributed by atoms with Gasteiger partial charge in [0.1, 0.15) is 6.10 Å². The third kappa shape index (κ3) is 5.06. The van der Waals surface area contributed by atoms with Crippen molar-refractivity contribution < 1.29 is 28.4 Å². The lowest BCUT2D eigenvalue weighted by molar-refractivity contribution is -0.155. The molecule has 0 fully saturated rings. The Hall–Kier alpha value is -2.03. The number of hydrogen-bond acceptors (Lipinski definition) is 6. The smallest absolute Gasteiger partial charge is 0.302 e. The van der Waals surface area contributed by atoms with Crippen molar-refractivity contribution in [2.24, 2.45) is 0 Å². The fraction of sp³-hybridized carbons (Fsp3) is 0.550. The van der Waals surface area contributed by atoms with Crippen LogP contribution in [0.3, 0.4) is 0 Å². The first-order valence-corrected chi connectivity index (χ1v) is 12.3. The Labute approximate surface area is 167 Å². The summed E-state index contributed by atoms with van der Waals surface area (Å²) in [6.07, 6.45) is -0.294. The number of rotatable bonds is 8. The molecule has 154 valence electrons. The summed E-state index contributed by atoms with van der Waals surface area (Å²) < 4.78 is 11.2. The van der Waals surface area contributed by atoms with E-state index < -0.39 is 32.2 Å². The largest absolute Gasteiger partial charge is 0.466 e. The van der Waals surface area contributed by atoms with Gasteiger partial charge in [-0.25, -0.2) is 0 Å². The highest BCUT2D eigenvalue weighted by atomic mass is 28.4. The zero-order valence-corrected chi connectivity index (χ0v) is 18.4. The minimum absolute atomic E-state index is 0.00293. The van der Waals surface area contributed by atoms with Gasteiger partial charge in [-0.1, -0.05) is 32.9 Å². The number of fused-ring (bicyclic) bond motifs is 1. The number of nitrogens with zero attached hydrogens (tertiary/aromatic N) is 1. The Kier molecular flexibility index (Phi) is 6.79. The monoisotopic (exact) mass is 407 g/mol. The molecule has 2 amide bonds. The summed E-state index contributed by atoms with van der Waals surface area (Å²) in [6, 6.07) is 6.59. The minimum atomic E-state index is -2.06. The fourth-order valence-electron chi connectivity index (χ4n) is 2.43. The highest BCUT2D eigenvalue weighted by Gasteiger charge is 2.40. The van der Waals surface area contributed by atoms with E-state index in [4.69, 9.17) is 14.0 Å². The van der Waals surface area contributed by atoms with Gasteiger partial charge in [0.05, 0.1) is 24.3 Å². The number of hydroxylamine groups is 2. The average molecular weight is 408 g/mol. The molecule has 7 nitrogen and oxygen atoms in total. The number of carbonyl (C=O) groups is 3. The second-order valence-corrected chi connectivity index (χ2v) is 13.2. The number of ether oxygens (including phenoxy) is 1. The van der Waals surface area contributed by atoms with E-state index in [0.29, 0.717) is 17.5 Å². The van der Waals surface area contributed by atoms with Gasteiger partial charge < -0.3 is 9.16 Å². The van der Waals surface area contributed by atoms with Crippen LogP contribution < -0.4 is 0 Å². The Morgan fingerprint density at radius 1 is 1.11 bits per heavy atom. The van der Waals surface area contributed by atoms with Crippen LogP contribution in [-0.4, -0.2) is 50.5 Å². The summed E-state index contributed by atoms with van der Waals surface area (Å²) in [4.78, 5) is 41.9. The van der Waals surface area contributed by atoms with Crippen molar-refractivity contribution in [3.8, 4) is 0 Å². The number of imide groups is 1. The van der Waals surface area contributed by atoms with Gasteiger partial charge in [0.25, 0.3) is 11.8 Å². The molecule has 1 heterocycles. The molecule has 0 N–H and O–H groups in total. The predicted octanol–water partition coefficient (Wildman–Crippen LogP) is 3.56. The molecule has 28 heavy (non-hydrogen) atoms. The molecule has 0 saturated heterocycles. The Balaban J connectivity index is 2.10. The van der Waals surface area contributed by atoms with Crippen LogP contribution in [0.1, 0.15) is 54.8 Å². The van der Waals surface area contributed by atoms with Gasteiger partial charge in [0.15, 0.2) is 8.32 Å². The van der Waals surface area contributed by atoms with Crippen LogP contribution in [0.5, 0.6) is 0 Å². The molecule has 0 radical (unpaired) electrons. The van der Waals surface area contributed by atoms with Crippen LogP contribution >= 0.6 is 0 Å². The normalized spacial score (nSPS) is 15.6. The average Bonchev–Trinajstić information content (AvgIpc) is 2.83. The topological polar surface area (TPSA) is 82.1 Å². The van der Waals surface area contributed by atoms with Gasteiger partial charge in [-0.2, -0.15) is 0 Å². The number of hydrogen-bond donors (Lipinski definition) is 0. The third-order valence-corrected chi connectivity index (χ3v) is 9.69. The van der Waals surface area contributed by atoms with E-state index in [1.165, 1.54) is 6.92 Å². The molecule has 0 saturated carbocycles. The molecular formula is C20H29NO6Si. The highest BCUT2D eigenvalue weighted by Crippen LogP contribution is 2.36. The summed E-state index contributed by atoms with van der Waals surface area (Å²) in [6.45, 7) is 12.2. The van der Waals surface area contributed by atoms with E-state index in [1.54, 1.807) is 24.3 Å². The van der Waals surface area contributed by atoms with Crippen LogP contribution in [-0.2, 0) is 18.8 Å². The van der Waals surface area contributed by atoms with Gasteiger partial charge in [0, 0.05) is 13.3 Å². The zero-order valence-electron chi connectivity index (χ0n) is 17.4. The van der Waals surface area contributed by atoms with Gasteiger partial charge in [-0.05, 0) is 30.3 Å². The first-order valence-electron chi connectivity index (χ1n) is 9.36. The standard InChI is InChI=1S/C20H29NO6Si/c1-14(22)25-12-11-15(13-26-28(5,6)20(2,3)4)27-21-18(23)16-9-7-8-10-17(16)19(21)24/h7-10,15H,11-13H2,1-6H3. The van der Waals surface area contributed by atoms with Crippen molar-refractivity contribution in [3.05, 3.63) is 35.4 Å². The molecule has 1 unspecified atom stereocenters. The molecule has 0 bridgehead atoms. The zero-order chi connectivity index (χ0) is 21.1. The fourth-order valence-corrected chi connectivity index (χ4v) is 3.47. The van der Waals surface area contributed by atoms with E-state index in [-0.39, 0.29) is 18.3 Å². The van der Waals surface area contributed by atoms with Crippen molar-refractivity contribution in [2.75, 3.05) is 13.2 Å². The van der Waals surface area contributed by atoms with Crippen LogP contribution in [0, 0.1) is 0 Å². The van der Waals surface area contributed by atoms with Crippen molar-refractivity contribution in [3.63, 3.8) is 0 Å². The Morgan fingerprint density at radius 3 is 2.11 bits per heavy atom. The predicted molar refractivity (Wildman–Crippen MR) is 106 cm³/mol. The first kappa shape index (κ1) is 22.3. The maximum Gasteiger partial charge on any atom is 0.302 e. The second kappa shape index (κ2) is 8.55. The highest BCUT2D eigenvalue weighted by molar-refractivity contribution is 6.74. The quantitative estimate of drug-likeness (QED) is 0.372. The number of esters is 1. The number of carbonyl (C=O) groups excluding carboxylic acids is 3. The molecule has 0 aromatic heterocycles. The SMILES string of the molecule is CC(=O)OCCC(CO[Si](C)(C)C(C)(C)C)ON1C(=O)c2ccccc2C1=O. The number of amides is 2. The van der Waals surface area contributed by atoms with E-state index in [9.17, 15) is 14.4 Å². The van der Waals surface area contributed by atoms with Crippen LogP contribution in [0.4, 0.5) is 0 Å². The summed E-state index contributed by atoms with van der Waals surface area (Å²) in [5.74, 6) is -1.39. The maximum absolute atomic E-state index is 12.5. The Bertz CT molecular complexity index is 720. The summed E-state index contributed by atoms with van der Waals surface area (Å²) >= 11 is 0. The third-order valence-electron chi connectivity index (χ3n) is 5.19. The van der Waals surface area contributed by atoms with Gasteiger partial charge in [-0.3, -0.25) is 19.2 Å². The lowest BCUT2D eigenvalue weighted by atomic mass is 10.1. The molecular weight excluding hydrogens is 378 g/mol. The molecule has 1 atom stereocenters. The number of benzene rings is 1. The van der Waals surface area contributed by atoms with Crippen molar-refractivity contribution in [1.29, 1.82) is 0 Å². The van der Waals surface area contributed by atoms with Gasteiger partial charge in [0.2, 0.25) is 0 Å². The van der Waals surface area contributed by atoms with Crippen LogP contribution in [0.2, 0.25) is 18.1 Å². The van der Waals surface area contributed by atoms with Crippen molar-refractivity contribution in [2.45, 2.75) is 58.4 Å². The van der Waals surface area contributed by atoms with Crippen LogP contribution in [0.25, 0.3) is 0 Å². The molecule has 1 aliphatic rings. The maximum atomic E-state index is 12.5. The molecule has 1 aromatic rings. The van der Waals surface area contributed by atoms with Crippen molar-refractivity contribution in [1.82, 2.24) is 5.06 Å². The lowest BCUT2D eigenvalue weighted by Crippen LogP contribution is -2.44. The summed E-state index contributed by atoms with van der Waals surface area (Å²) in [5, 5.41) is 0.793. The van der Waals surface area contributed by atoms with E-state index in [1.807, 2.05) is 0 Å².